The molecule has 2 atom stereocenters. The van der Waals surface area contributed by atoms with Crippen molar-refractivity contribution in [3.8, 4) is 28.1 Å². The Hall–Kier alpha value is -4.40. The van der Waals surface area contributed by atoms with Gasteiger partial charge >= 0.3 is 5.97 Å². The van der Waals surface area contributed by atoms with Crippen LogP contribution in [0, 0.1) is 13.8 Å². The lowest BCUT2D eigenvalue weighted by atomic mass is 9.91. The number of carboxylic acid groups (broad SMARTS) is 1. The highest BCUT2D eigenvalue weighted by Crippen LogP contribution is 2.42. The number of hydrogen-bond donors (Lipinski definition) is 1. The van der Waals surface area contributed by atoms with Gasteiger partial charge in [0.2, 0.25) is 0 Å². The van der Waals surface area contributed by atoms with Crippen molar-refractivity contribution in [3.63, 3.8) is 0 Å². The van der Waals surface area contributed by atoms with Crippen LogP contribution in [0.15, 0.2) is 80.0 Å². The fraction of sp³-hybridized carbons (Fsp3) is 0.415. The van der Waals surface area contributed by atoms with Gasteiger partial charge in [0.25, 0.3) is 0 Å². The third kappa shape index (κ3) is 8.26. The van der Waals surface area contributed by atoms with E-state index in [0.29, 0.717) is 25.3 Å². The first-order valence-corrected chi connectivity index (χ1v) is 17.1. The lowest BCUT2D eigenvalue weighted by Crippen LogP contribution is -2.45. The molecule has 0 spiro atoms. The first-order valence-electron chi connectivity index (χ1n) is 17.1. The highest BCUT2D eigenvalue weighted by Gasteiger charge is 2.37. The predicted molar refractivity (Wildman–Crippen MR) is 198 cm³/mol. The molecule has 1 N–H and O–H groups in total. The van der Waals surface area contributed by atoms with E-state index in [4.69, 9.17) is 19.3 Å². The third-order valence-electron chi connectivity index (χ3n) is 9.05. The topological polar surface area (TPSA) is 85.5 Å². The molecule has 1 fully saturated rings. The maximum absolute atomic E-state index is 12.9. The van der Waals surface area contributed by atoms with Crippen molar-refractivity contribution in [2.75, 3.05) is 24.6 Å². The van der Waals surface area contributed by atoms with Crippen LogP contribution in [-0.2, 0) is 14.3 Å². The summed E-state index contributed by atoms with van der Waals surface area (Å²) >= 11 is 0. The monoisotopic (exact) mass is 665 g/mol. The third-order valence-corrected chi connectivity index (χ3v) is 9.05. The Balaban J connectivity index is 1.63. The van der Waals surface area contributed by atoms with Crippen LogP contribution in [0.5, 0.6) is 5.75 Å². The largest absolute Gasteiger partial charge is 0.490 e. The van der Waals surface area contributed by atoms with E-state index in [9.17, 15) is 9.90 Å². The van der Waals surface area contributed by atoms with E-state index < -0.39 is 17.7 Å². The normalized spacial score (nSPS) is 15.9. The van der Waals surface area contributed by atoms with Gasteiger partial charge in [-0.1, -0.05) is 42.0 Å². The van der Waals surface area contributed by atoms with Gasteiger partial charge in [-0.15, -0.1) is 13.2 Å². The molecule has 0 bridgehead atoms. The van der Waals surface area contributed by atoms with Crippen molar-refractivity contribution < 1.29 is 24.1 Å². The van der Waals surface area contributed by atoms with Gasteiger partial charge in [0.1, 0.15) is 5.75 Å². The average molecular weight is 666 g/mol. The van der Waals surface area contributed by atoms with Crippen LogP contribution < -0.4 is 9.64 Å². The van der Waals surface area contributed by atoms with Gasteiger partial charge in [-0.25, -0.2) is 9.31 Å². The molecule has 0 radical (unpaired) electrons. The molecule has 5 rings (SSSR count). The molecule has 0 saturated carbocycles. The minimum Gasteiger partial charge on any atom is -0.490 e. The highest BCUT2D eigenvalue weighted by atomic mass is 16.5. The van der Waals surface area contributed by atoms with Gasteiger partial charge < -0.3 is 24.2 Å². The van der Waals surface area contributed by atoms with Gasteiger partial charge in [0.15, 0.2) is 6.10 Å². The first-order chi connectivity index (χ1) is 23.2. The summed E-state index contributed by atoms with van der Waals surface area (Å²) in [5.41, 5.74) is 7.07. The van der Waals surface area contributed by atoms with E-state index in [1.54, 1.807) is 6.08 Å². The molecule has 0 amide bonds. The van der Waals surface area contributed by atoms with Gasteiger partial charge in [-0.2, -0.15) is 5.10 Å². The molecule has 260 valence electrons. The molecular formula is C41H51N3O5. The van der Waals surface area contributed by atoms with Crippen molar-refractivity contribution in [1.82, 2.24) is 9.61 Å². The molecule has 3 heterocycles. The fourth-order valence-electron chi connectivity index (χ4n) is 6.56. The number of aromatic nitrogens is 2. The van der Waals surface area contributed by atoms with E-state index in [1.807, 2.05) is 63.5 Å². The average Bonchev–Trinajstić information content (AvgIpc) is 3.47. The molecule has 49 heavy (non-hydrogen) atoms. The van der Waals surface area contributed by atoms with Crippen LogP contribution in [0.4, 0.5) is 5.69 Å². The number of fused-ring (bicyclic) bond motifs is 1. The van der Waals surface area contributed by atoms with Crippen LogP contribution in [-0.4, -0.2) is 57.7 Å². The number of carbonyl (C=O) groups is 1. The summed E-state index contributed by atoms with van der Waals surface area (Å²) in [6, 6.07) is 16.6. The van der Waals surface area contributed by atoms with Gasteiger partial charge in [-0.05, 0) is 96.7 Å². The van der Waals surface area contributed by atoms with Crippen molar-refractivity contribution in [2.24, 2.45) is 0 Å². The van der Waals surface area contributed by atoms with Crippen LogP contribution in [0.3, 0.4) is 0 Å². The van der Waals surface area contributed by atoms with Crippen molar-refractivity contribution >= 4 is 17.2 Å². The number of rotatable bonds is 13. The van der Waals surface area contributed by atoms with E-state index in [-0.39, 0.29) is 11.7 Å². The number of benzene rings is 2. The summed E-state index contributed by atoms with van der Waals surface area (Å²) in [6.45, 7) is 23.4. The quantitative estimate of drug-likeness (QED) is 0.143. The van der Waals surface area contributed by atoms with Crippen LogP contribution in [0.2, 0.25) is 0 Å². The Bertz CT molecular complexity index is 1830. The number of anilines is 1. The second kappa shape index (κ2) is 14.6. The molecule has 4 aromatic rings. The fourth-order valence-corrected chi connectivity index (χ4v) is 6.56. The zero-order chi connectivity index (χ0) is 35.5. The number of piperidine rings is 1. The number of carboxylic acids is 1. The summed E-state index contributed by atoms with van der Waals surface area (Å²) in [4.78, 5) is 15.1. The van der Waals surface area contributed by atoms with Gasteiger partial charge in [-0.3, -0.25) is 0 Å². The molecule has 1 aliphatic heterocycles. The zero-order valence-corrected chi connectivity index (χ0v) is 30.1. The second-order valence-corrected chi connectivity index (χ2v) is 14.5. The Labute approximate surface area is 291 Å². The highest BCUT2D eigenvalue weighted by molar-refractivity contribution is 5.87. The maximum Gasteiger partial charge on any atom is 0.337 e. The standard InChI is InChI=1S/C41H51N3O5/c1-10-13-29(5)48-35-17-16-27(3)23-32(35)30-14-12-15-31(24-30)33-25-34-37(43-20-18-41(9,19-21-43)47-22-11-2)36(28(4)26-44(34)42-33)38(39(45)46)49-40(6,7)8/h10-12,14-17,23-26,29,38H,1-2,13,18-22H2,3-9H3,(H,45,46). The summed E-state index contributed by atoms with van der Waals surface area (Å²) < 4.78 is 20.6. The molecule has 0 aliphatic carbocycles. The molecule has 8 heteroatoms. The minimum absolute atomic E-state index is 0.00507. The predicted octanol–water partition coefficient (Wildman–Crippen LogP) is 9.13. The first kappa shape index (κ1) is 35.9. The number of pyridine rings is 1. The van der Waals surface area contributed by atoms with Gasteiger partial charge in [0.05, 0.1) is 40.8 Å². The van der Waals surface area contributed by atoms with E-state index >= 15 is 0 Å². The van der Waals surface area contributed by atoms with Crippen LogP contribution in [0.1, 0.15) is 76.7 Å². The Morgan fingerprint density at radius 2 is 1.78 bits per heavy atom. The number of ether oxygens (including phenoxy) is 3. The van der Waals surface area contributed by atoms with Crippen molar-refractivity contribution in [2.45, 2.75) is 91.1 Å². The van der Waals surface area contributed by atoms with Gasteiger partial charge in [0, 0.05) is 42.4 Å². The molecule has 2 aromatic carbocycles. The van der Waals surface area contributed by atoms with E-state index in [0.717, 1.165) is 69.7 Å². The second-order valence-electron chi connectivity index (χ2n) is 14.5. The zero-order valence-electron chi connectivity index (χ0n) is 30.1. The lowest BCUT2D eigenvalue weighted by molar-refractivity contribution is -0.160. The summed E-state index contributed by atoms with van der Waals surface area (Å²) in [5, 5.41) is 15.6. The van der Waals surface area contributed by atoms with E-state index in [2.05, 4.69) is 68.3 Å². The SMILES string of the molecule is C=CCOC1(C)CCN(c2c(C(OC(C)(C)C)C(=O)O)c(C)cn3nc(-c4cccc(-c5cc(C)ccc5OC(C)CC=C)c4)cc23)CC1. The van der Waals surface area contributed by atoms with Crippen LogP contribution in [0.25, 0.3) is 27.9 Å². The molecule has 1 saturated heterocycles. The summed E-state index contributed by atoms with van der Waals surface area (Å²) in [6.07, 6.45) is 6.72. The minimum atomic E-state index is -1.16. The lowest BCUT2D eigenvalue weighted by Gasteiger charge is -2.41. The molecular weight excluding hydrogens is 614 g/mol. The number of aliphatic carboxylic acids is 1. The summed E-state index contributed by atoms with van der Waals surface area (Å²) in [7, 11) is 0. The number of nitrogens with zero attached hydrogens (tertiary/aromatic N) is 3. The molecule has 2 unspecified atom stereocenters. The van der Waals surface area contributed by atoms with E-state index in [1.165, 1.54) is 0 Å². The van der Waals surface area contributed by atoms with Crippen LogP contribution >= 0.6 is 0 Å². The summed E-state index contributed by atoms with van der Waals surface area (Å²) in [5.74, 6) is -0.201. The Morgan fingerprint density at radius 1 is 1.06 bits per heavy atom. The number of hydrogen-bond acceptors (Lipinski definition) is 6. The smallest absolute Gasteiger partial charge is 0.337 e. The Kier molecular flexibility index (Phi) is 10.7. The maximum atomic E-state index is 12.9. The number of aryl methyl sites for hydroxylation is 2. The van der Waals surface area contributed by atoms with Crippen molar-refractivity contribution in [1.29, 1.82) is 0 Å². The molecule has 2 aromatic heterocycles. The van der Waals surface area contributed by atoms with Crippen molar-refractivity contribution in [3.05, 3.63) is 96.7 Å². The molecule has 1 aliphatic rings. The Morgan fingerprint density at radius 3 is 2.43 bits per heavy atom. The molecule has 8 nitrogen and oxygen atoms in total.